The van der Waals surface area contributed by atoms with E-state index in [-0.39, 0.29) is 16.9 Å². The quantitative estimate of drug-likeness (QED) is 0.472. The summed E-state index contributed by atoms with van der Waals surface area (Å²) in [6.07, 6.45) is 0.750. The Bertz CT molecular complexity index is 464. The fourth-order valence-corrected chi connectivity index (χ4v) is 1.20. The summed E-state index contributed by atoms with van der Waals surface area (Å²) in [5.74, 6) is 0. The minimum atomic E-state index is -0.616. The highest BCUT2D eigenvalue weighted by Gasteiger charge is 2.21. The molecule has 0 saturated heterocycles. The first kappa shape index (κ1) is 16.5. The molecule has 1 aromatic carbocycles. The van der Waals surface area contributed by atoms with Crippen LogP contribution < -0.4 is 0 Å². The summed E-state index contributed by atoms with van der Waals surface area (Å²) in [6, 6.07) is 2.64. The van der Waals surface area contributed by atoms with E-state index in [1.54, 1.807) is 21.0 Å². The van der Waals surface area contributed by atoms with Gasteiger partial charge in [-0.05, 0) is 19.4 Å². The Hall–Kier alpha value is -2.51. The predicted molar refractivity (Wildman–Crippen MR) is 69.0 cm³/mol. The molecule has 1 amide bonds. The molecule has 0 aromatic heterocycles. The van der Waals surface area contributed by atoms with Crippen LogP contribution in [0.3, 0.4) is 0 Å². The van der Waals surface area contributed by atoms with Gasteiger partial charge in [-0.15, -0.1) is 0 Å². The van der Waals surface area contributed by atoms with Crippen LogP contribution in [0.4, 0.5) is 11.4 Å². The number of nitrogens with zero attached hydrogens (tertiary/aromatic N) is 3. The summed E-state index contributed by atoms with van der Waals surface area (Å²) in [5, 5.41) is 21.1. The number of carbonyl (C=O) groups is 1. The molecule has 8 heteroatoms. The Morgan fingerprint density at radius 2 is 1.37 bits per heavy atom. The zero-order valence-electron chi connectivity index (χ0n) is 11.1. The third-order valence-corrected chi connectivity index (χ3v) is 2.10. The molecule has 1 rings (SSSR count). The first-order valence-electron chi connectivity index (χ1n) is 5.22. The van der Waals surface area contributed by atoms with Crippen LogP contribution in [0.25, 0.3) is 0 Å². The second kappa shape index (κ2) is 7.04. The van der Waals surface area contributed by atoms with Gasteiger partial charge >= 0.3 is 0 Å². The van der Waals surface area contributed by atoms with Crippen LogP contribution in [0.1, 0.15) is 11.1 Å². The molecular weight excluding hydrogens is 254 g/mol. The molecule has 1 aromatic rings. The SMILES string of the molecule is CN(C)C=O.Cc1cc([N+](=O)[O-])c(C)c([N+](=O)[O-])c1. The van der Waals surface area contributed by atoms with Gasteiger partial charge in [0.1, 0.15) is 5.56 Å². The van der Waals surface area contributed by atoms with Crippen LogP contribution in [0.5, 0.6) is 0 Å². The maximum absolute atomic E-state index is 10.5. The number of hydrogen-bond acceptors (Lipinski definition) is 5. The topological polar surface area (TPSA) is 107 Å². The molecule has 0 radical (unpaired) electrons. The van der Waals surface area contributed by atoms with E-state index in [1.165, 1.54) is 24.0 Å². The van der Waals surface area contributed by atoms with Crippen molar-refractivity contribution in [3.05, 3.63) is 43.5 Å². The van der Waals surface area contributed by atoms with E-state index in [0.717, 1.165) is 6.41 Å². The minimum Gasteiger partial charge on any atom is -0.351 e. The van der Waals surface area contributed by atoms with Crippen LogP contribution in [0.15, 0.2) is 12.1 Å². The van der Waals surface area contributed by atoms with E-state index in [0.29, 0.717) is 5.56 Å². The van der Waals surface area contributed by atoms with Gasteiger partial charge in [-0.25, -0.2) is 0 Å². The molecule has 0 bridgehead atoms. The molecule has 0 aliphatic heterocycles. The molecule has 0 heterocycles. The van der Waals surface area contributed by atoms with E-state index in [2.05, 4.69) is 0 Å². The fraction of sp³-hybridized carbons (Fsp3) is 0.364. The molecule has 0 spiro atoms. The Labute approximate surface area is 109 Å². The van der Waals surface area contributed by atoms with Crippen molar-refractivity contribution in [3.8, 4) is 0 Å². The maximum atomic E-state index is 10.5. The number of nitro benzene ring substituents is 2. The average molecular weight is 269 g/mol. The zero-order valence-corrected chi connectivity index (χ0v) is 11.1. The highest BCUT2D eigenvalue weighted by Crippen LogP contribution is 2.28. The monoisotopic (exact) mass is 269 g/mol. The second-order valence-electron chi connectivity index (χ2n) is 4.01. The summed E-state index contributed by atoms with van der Waals surface area (Å²) < 4.78 is 0. The van der Waals surface area contributed by atoms with Crippen LogP contribution in [0.2, 0.25) is 0 Å². The van der Waals surface area contributed by atoms with Crippen molar-refractivity contribution >= 4 is 17.8 Å². The van der Waals surface area contributed by atoms with Gasteiger partial charge in [0.25, 0.3) is 11.4 Å². The van der Waals surface area contributed by atoms with Crippen molar-refractivity contribution in [2.75, 3.05) is 14.1 Å². The van der Waals surface area contributed by atoms with Crippen LogP contribution in [-0.4, -0.2) is 35.3 Å². The molecule has 0 aliphatic rings. The van der Waals surface area contributed by atoms with Gasteiger partial charge in [0.15, 0.2) is 0 Å². The molecule has 19 heavy (non-hydrogen) atoms. The van der Waals surface area contributed by atoms with E-state index in [1.807, 2.05) is 0 Å². The van der Waals surface area contributed by atoms with Crippen molar-refractivity contribution in [1.82, 2.24) is 4.90 Å². The first-order valence-corrected chi connectivity index (χ1v) is 5.22. The molecule has 0 aliphatic carbocycles. The Kier molecular flexibility index (Phi) is 6.11. The van der Waals surface area contributed by atoms with Crippen molar-refractivity contribution in [2.24, 2.45) is 0 Å². The Morgan fingerprint density at radius 1 is 1.05 bits per heavy atom. The number of carbonyl (C=O) groups excluding carboxylic acids is 1. The minimum absolute atomic E-state index is 0.0885. The van der Waals surface area contributed by atoms with Gasteiger partial charge in [-0.3, -0.25) is 25.0 Å². The van der Waals surface area contributed by atoms with Crippen molar-refractivity contribution in [2.45, 2.75) is 13.8 Å². The second-order valence-corrected chi connectivity index (χ2v) is 4.01. The number of nitro groups is 2. The van der Waals surface area contributed by atoms with Crippen LogP contribution >= 0.6 is 0 Å². The molecule has 0 N–H and O–H groups in total. The molecular formula is C11H15N3O5. The molecule has 104 valence electrons. The number of rotatable bonds is 3. The molecule has 0 atom stereocenters. The third-order valence-electron chi connectivity index (χ3n) is 2.10. The van der Waals surface area contributed by atoms with Crippen molar-refractivity contribution in [3.63, 3.8) is 0 Å². The molecule has 0 fully saturated rings. The molecule has 0 saturated carbocycles. The number of amides is 1. The van der Waals surface area contributed by atoms with Crippen molar-refractivity contribution in [1.29, 1.82) is 0 Å². The first-order chi connectivity index (χ1) is 8.70. The summed E-state index contributed by atoms with van der Waals surface area (Å²) in [6.45, 7) is 2.95. The normalized spacial score (nSPS) is 9.05. The third kappa shape index (κ3) is 5.11. The van der Waals surface area contributed by atoms with Gasteiger partial charge in [-0.2, -0.15) is 0 Å². The smallest absolute Gasteiger partial charge is 0.279 e. The maximum Gasteiger partial charge on any atom is 0.279 e. The largest absolute Gasteiger partial charge is 0.351 e. The number of aryl methyl sites for hydroxylation is 1. The van der Waals surface area contributed by atoms with Crippen LogP contribution in [0, 0.1) is 34.1 Å². The highest BCUT2D eigenvalue weighted by atomic mass is 16.6. The summed E-state index contributed by atoms with van der Waals surface area (Å²) in [4.78, 5) is 30.7. The van der Waals surface area contributed by atoms with Gasteiger partial charge < -0.3 is 4.90 Å². The highest BCUT2D eigenvalue weighted by molar-refractivity contribution is 5.55. The number of hydrogen-bond donors (Lipinski definition) is 0. The Balaban J connectivity index is 0.000000555. The van der Waals surface area contributed by atoms with Gasteiger partial charge in [0.2, 0.25) is 6.41 Å². The zero-order chi connectivity index (χ0) is 15.2. The van der Waals surface area contributed by atoms with Gasteiger partial charge in [0, 0.05) is 26.2 Å². The lowest BCUT2D eigenvalue weighted by Crippen LogP contribution is -2.06. The number of benzene rings is 1. The summed E-state index contributed by atoms with van der Waals surface area (Å²) >= 11 is 0. The lowest BCUT2D eigenvalue weighted by atomic mass is 10.1. The standard InChI is InChI=1S/C8H8N2O4.C3H7NO/c1-5-3-7(9(11)12)6(2)8(4-5)10(13)14;1-4(2)3-5/h3-4H,1-2H3;3H,1-2H3. The summed E-state index contributed by atoms with van der Waals surface area (Å²) in [7, 11) is 3.38. The lowest BCUT2D eigenvalue weighted by Gasteiger charge is -2.00. The predicted octanol–water partition coefficient (Wildman–Crippen LogP) is 1.82. The van der Waals surface area contributed by atoms with Crippen LogP contribution in [-0.2, 0) is 4.79 Å². The van der Waals surface area contributed by atoms with Crippen molar-refractivity contribution < 1.29 is 14.6 Å². The van der Waals surface area contributed by atoms with Gasteiger partial charge in [-0.1, -0.05) is 0 Å². The molecule has 0 unspecified atom stereocenters. The lowest BCUT2D eigenvalue weighted by molar-refractivity contribution is -0.395. The van der Waals surface area contributed by atoms with E-state index >= 15 is 0 Å². The van der Waals surface area contributed by atoms with E-state index < -0.39 is 9.85 Å². The van der Waals surface area contributed by atoms with Gasteiger partial charge in [0.05, 0.1) is 9.85 Å². The van der Waals surface area contributed by atoms with E-state index in [4.69, 9.17) is 0 Å². The molecule has 8 nitrogen and oxygen atoms in total. The Morgan fingerprint density at radius 3 is 1.58 bits per heavy atom. The fourth-order valence-electron chi connectivity index (χ4n) is 1.20. The average Bonchev–Trinajstić information content (AvgIpc) is 2.31. The summed E-state index contributed by atoms with van der Waals surface area (Å²) in [5.41, 5.74) is 0.174. The van der Waals surface area contributed by atoms with E-state index in [9.17, 15) is 25.0 Å².